The minimum Gasteiger partial charge on any atom is -0.491 e. The monoisotopic (exact) mass is 409 g/mol. The van der Waals surface area contributed by atoms with E-state index in [1.165, 1.54) is 5.56 Å². The molecule has 3 aromatic rings. The van der Waals surface area contributed by atoms with E-state index in [1.54, 1.807) is 0 Å². The summed E-state index contributed by atoms with van der Waals surface area (Å²) in [6.45, 7) is 5.05. The number of nitrogens with zero attached hydrogens (tertiary/aromatic N) is 2. The van der Waals surface area contributed by atoms with Gasteiger partial charge in [-0.3, -0.25) is 4.90 Å². The summed E-state index contributed by atoms with van der Waals surface area (Å²) in [4.78, 5) is 2.09. The van der Waals surface area contributed by atoms with E-state index < -0.39 is 6.10 Å². The SMILES string of the molecule is CCc1cc(CNCc2ccc(OCC(O)CN(C)Cc3ccccc3)cc2)on1. The summed E-state index contributed by atoms with van der Waals surface area (Å²) in [5.74, 6) is 1.60. The molecule has 2 aromatic carbocycles. The average Bonchev–Trinajstić information content (AvgIpc) is 3.22. The van der Waals surface area contributed by atoms with Crippen LogP contribution < -0.4 is 10.1 Å². The van der Waals surface area contributed by atoms with Crippen LogP contribution in [-0.2, 0) is 26.1 Å². The number of ether oxygens (including phenoxy) is 1. The molecule has 1 heterocycles. The molecule has 1 unspecified atom stereocenters. The van der Waals surface area contributed by atoms with Crippen molar-refractivity contribution in [3.63, 3.8) is 0 Å². The Kier molecular flexibility index (Phi) is 8.44. The molecule has 0 fully saturated rings. The van der Waals surface area contributed by atoms with Crippen molar-refractivity contribution in [2.24, 2.45) is 0 Å². The molecule has 6 heteroatoms. The second kappa shape index (κ2) is 11.5. The predicted molar refractivity (Wildman–Crippen MR) is 117 cm³/mol. The van der Waals surface area contributed by atoms with E-state index in [2.05, 4.69) is 34.4 Å². The largest absolute Gasteiger partial charge is 0.491 e. The van der Waals surface area contributed by atoms with Gasteiger partial charge in [0.05, 0.1) is 12.2 Å². The molecule has 0 spiro atoms. The van der Waals surface area contributed by atoms with Gasteiger partial charge >= 0.3 is 0 Å². The summed E-state index contributed by atoms with van der Waals surface area (Å²) < 4.78 is 11.0. The summed E-state index contributed by atoms with van der Waals surface area (Å²) >= 11 is 0. The van der Waals surface area contributed by atoms with Gasteiger partial charge in [0.1, 0.15) is 18.5 Å². The van der Waals surface area contributed by atoms with Crippen molar-refractivity contribution in [1.29, 1.82) is 0 Å². The molecule has 2 N–H and O–H groups in total. The number of aliphatic hydroxyl groups excluding tert-OH is 1. The first kappa shape index (κ1) is 22.0. The van der Waals surface area contributed by atoms with Crippen molar-refractivity contribution in [3.05, 3.63) is 83.2 Å². The lowest BCUT2D eigenvalue weighted by atomic mass is 10.2. The lowest BCUT2D eigenvalue weighted by Gasteiger charge is -2.21. The van der Waals surface area contributed by atoms with Crippen LogP contribution in [0.3, 0.4) is 0 Å². The Morgan fingerprint density at radius 2 is 1.83 bits per heavy atom. The van der Waals surface area contributed by atoms with Gasteiger partial charge in [0.25, 0.3) is 0 Å². The quantitative estimate of drug-likeness (QED) is 0.478. The lowest BCUT2D eigenvalue weighted by Crippen LogP contribution is -2.32. The number of hydrogen-bond donors (Lipinski definition) is 2. The van der Waals surface area contributed by atoms with Crippen LogP contribution in [0.4, 0.5) is 0 Å². The van der Waals surface area contributed by atoms with Crippen LogP contribution in [0.2, 0.25) is 0 Å². The molecule has 0 aliphatic heterocycles. The Labute approximate surface area is 178 Å². The van der Waals surface area contributed by atoms with E-state index in [4.69, 9.17) is 9.26 Å². The molecule has 0 radical (unpaired) electrons. The van der Waals surface area contributed by atoms with Crippen molar-refractivity contribution in [1.82, 2.24) is 15.4 Å². The number of aromatic nitrogens is 1. The van der Waals surface area contributed by atoms with Gasteiger partial charge in [0.2, 0.25) is 0 Å². The first-order chi connectivity index (χ1) is 14.6. The van der Waals surface area contributed by atoms with Gasteiger partial charge in [-0.2, -0.15) is 0 Å². The highest BCUT2D eigenvalue weighted by molar-refractivity contribution is 5.27. The first-order valence-corrected chi connectivity index (χ1v) is 10.4. The summed E-state index contributed by atoms with van der Waals surface area (Å²) in [5.41, 5.74) is 3.36. The zero-order chi connectivity index (χ0) is 21.2. The van der Waals surface area contributed by atoms with Crippen LogP contribution in [0.15, 0.2) is 65.2 Å². The van der Waals surface area contributed by atoms with Gasteiger partial charge < -0.3 is 19.7 Å². The fraction of sp³-hybridized carbons (Fsp3) is 0.375. The minimum absolute atomic E-state index is 0.266. The van der Waals surface area contributed by atoms with Gasteiger partial charge in [-0.15, -0.1) is 0 Å². The number of nitrogens with one attached hydrogen (secondary N) is 1. The third-order valence-electron chi connectivity index (χ3n) is 4.78. The van der Waals surface area contributed by atoms with Gasteiger partial charge in [0, 0.05) is 25.7 Å². The minimum atomic E-state index is -0.546. The molecule has 6 nitrogen and oxygen atoms in total. The average molecular weight is 410 g/mol. The van der Waals surface area contributed by atoms with Crippen molar-refractivity contribution < 1.29 is 14.4 Å². The van der Waals surface area contributed by atoms with E-state index in [-0.39, 0.29) is 6.61 Å². The summed E-state index contributed by atoms with van der Waals surface area (Å²) in [7, 11) is 2.00. The van der Waals surface area contributed by atoms with E-state index in [0.717, 1.165) is 42.3 Å². The summed E-state index contributed by atoms with van der Waals surface area (Å²) in [6.07, 6.45) is 0.332. The Hall–Kier alpha value is -2.67. The molecule has 0 saturated heterocycles. The fourth-order valence-electron chi connectivity index (χ4n) is 3.20. The molecule has 0 amide bonds. The molecule has 0 bridgehead atoms. The van der Waals surface area contributed by atoms with Crippen LogP contribution in [-0.4, -0.2) is 41.5 Å². The Bertz CT molecular complexity index is 865. The fourth-order valence-corrected chi connectivity index (χ4v) is 3.20. The molecule has 30 heavy (non-hydrogen) atoms. The Morgan fingerprint density at radius 1 is 1.07 bits per heavy atom. The van der Waals surface area contributed by atoms with Gasteiger partial charge in [0.15, 0.2) is 5.76 Å². The van der Waals surface area contributed by atoms with Crippen LogP contribution in [0.1, 0.15) is 29.5 Å². The highest BCUT2D eigenvalue weighted by Gasteiger charge is 2.10. The third kappa shape index (κ3) is 7.30. The second-order valence-electron chi connectivity index (χ2n) is 7.53. The highest BCUT2D eigenvalue weighted by atomic mass is 16.5. The van der Waals surface area contributed by atoms with Crippen LogP contribution in [0, 0.1) is 0 Å². The third-order valence-corrected chi connectivity index (χ3v) is 4.78. The summed E-state index contributed by atoms with van der Waals surface area (Å²) in [6, 6.07) is 20.1. The molecule has 1 atom stereocenters. The molecule has 0 saturated carbocycles. The first-order valence-electron chi connectivity index (χ1n) is 10.4. The number of aryl methyl sites for hydroxylation is 1. The van der Waals surface area contributed by atoms with Crippen LogP contribution in [0.25, 0.3) is 0 Å². The van der Waals surface area contributed by atoms with Crippen molar-refractivity contribution >= 4 is 0 Å². The highest BCUT2D eigenvalue weighted by Crippen LogP contribution is 2.13. The number of aliphatic hydroxyl groups is 1. The molecular weight excluding hydrogens is 378 g/mol. The van der Waals surface area contributed by atoms with Gasteiger partial charge in [-0.05, 0) is 36.7 Å². The number of likely N-dealkylation sites (N-methyl/N-ethyl adjacent to an activating group) is 1. The standard InChI is InChI=1S/C24H31N3O3/c1-3-21-13-24(30-26-21)15-25-14-19-9-11-23(12-10-19)29-18-22(28)17-27(2)16-20-7-5-4-6-8-20/h4-13,22,25,28H,3,14-18H2,1-2H3. The molecule has 3 rings (SSSR count). The molecule has 160 valence electrons. The van der Waals surface area contributed by atoms with Crippen molar-refractivity contribution in [2.75, 3.05) is 20.2 Å². The second-order valence-corrected chi connectivity index (χ2v) is 7.53. The normalized spacial score (nSPS) is 12.3. The topological polar surface area (TPSA) is 70.8 Å². The number of benzene rings is 2. The molecule has 0 aliphatic carbocycles. The molecule has 0 aliphatic rings. The van der Waals surface area contributed by atoms with E-state index in [1.807, 2.05) is 55.6 Å². The van der Waals surface area contributed by atoms with E-state index in [9.17, 15) is 5.11 Å². The smallest absolute Gasteiger partial charge is 0.150 e. The van der Waals surface area contributed by atoms with Crippen LogP contribution in [0.5, 0.6) is 5.75 Å². The Balaban J connectivity index is 1.35. The maximum absolute atomic E-state index is 10.3. The molecular formula is C24H31N3O3. The maximum Gasteiger partial charge on any atom is 0.150 e. The van der Waals surface area contributed by atoms with E-state index in [0.29, 0.717) is 13.1 Å². The Morgan fingerprint density at radius 3 is 2.53 bits per heavy atom. The zero-order valence-electron chi connectivity index (χ0n) is 17.8. The predicted octanol–water partition coefficient (Wildman–Crippen LogP) is 3.40. The molecule has 1 aromatic heterocycles. The maximum atomic E-state index is 10.3. The van der Waals surface area contributed by atoms with Crippen molar-refractivity contribution in [3.8, 4) is 5.75 Å². The van der Waals surface area contributed by atoms with Crippen LogP contribution >= 0.6 is 0 Å². The zero-order valence-corrected chi connectivity index (χ0v) is 17.8. The van der Waals surface area contributed by atoms with E-state index >= 15 is 0 Å². The van der Waals surface area contributed by atoms with Gasteiger partial charge in [-0.1, -0.05) is 54.5 Å². The summed E-state index contributed by atoms with van der Waals surface area (Å²) in [5, 5.41) is 17.6. The number of rotatable bonds is 12. The van der Waals surface area contributed by atoms with Crippen molar-refractivity contribution in [2.45, 2.75) is 39.1 Å². The number of hydrogen-bond acceptors (Lipinski definition) is 6. The lowest BCUT2D eigenvalue weighted by molar-refractivity contribution is 0.0744. The van der Waals surface area contributed by atoms with Gasteiger partial charge in [-0.25, -0.2) is 0 Å².